The predicted octanol–water partition coefficient (Wildman–Crippen LogP) is 2.36. The minimum Gasteiger partial charge on any atom is -0.478 e. The molecule has 6 heteroatoms. The van der Waals surface area contributed by atoms with E-state index in [0.717, 1.165) is 6.42 Å². The Labute approximate surface area is 110 Å². The topological polar surface area (TPSA) is 85.5 Å². The molecule has 0 radical (unpaired) electrons. The maximum atomic E-state index is 10.9. The van der Waals surface area contributed by atoms with Crippen LogP contribution in [0.25, 0.3) is 11.4 Å². The van der Waals surface area contributed by atoms with Gasteiger partial charge < -0.3 is 14.4 Å². The van der Waals surface area contributed by atoms with Crippen LogP contribution in [0.3, 0.4) is 0 Å². The average molecular weight is 262 g/mol. The number of carboxylic acids is 1. The van der Waals surface area contributed by atoms with Crippen LogP contribution in [0.1, 0.15) is 29.6 Å². The van der Waals surface area contributed by atoms with Gasteiger partial charge in [0.05, 0.1) is 5.56 Å². The molecule has 19 heavy (non-hydrogen) atoms. The molecule has 1 heterocycles. The van der Waals surface area contributed by atoms with E-state index in [1.165, 1.54) is 12.1 Å². The second kappa shape index (κ2) is 6.10. The Morgan fingerprint density at radius 1 is 1.47 bits per heavy atom. The van der Waals surface area contributed by atoms with E-state index < -0.39 is 5.97 Å². The molecular formula is C13H14N2O4. The van der Waals surface area contributed by atoms with E-state index in [2.05, 4.69) is 10.1 Å². The third kappa shape index (κ3) is 3.38. The zero-order valence-electron chi connectivity index (χ0n) is 10.5. The van der Waals surface area contributed by atoms with Crippen LogP contribution >= 0.6 is 0 Å². The summed E-state index contributed by atoms with van der Waals surface area (Å²) in [7, 11) is 0. The lowest BCUT2D eigenvalue weighted by Gasteiger charge is -1.97. The maximum Gasteiger partial charge on any atom is 0.335 e. The van der Waals surface area contributed by atoms with Gasteiger partial charge >= 0.3 is 5.97 Å². The molecule has 0 amide bonds. The number of carbonyl (C=O) groups is 1. The highest BCUT2D eigenvalue weighted by Gasteiger charge is 2.10. The van der Waals surface area contributed by atoms with Crippen LogP contribution in [0.4, 0.5) is 0 Å². The zero-order valence-corrected chi connectivity index (χ0v) is 10.5. The first-order valence-corrected chi connectivity index (χ1v) is 5.94. The Morgan fingerprint density at radius 3 is 3.05 bits per heavy atom. The van der Waals surface area contributed by atoms with E-state index >= 15 is 0 Å². The van der Waals surface area contributed by atoms with Crippen molar-refractivity contribution in [2.45, 2.75) is 20.0 Å². The van der Waals surface area contributed by atoms with Crippen molar-refractivity contribution in [1.29, 1.82) is 0 Å². The van der Waals surface area contributed by atoms with E-state index in [-0.39, 0.29) is 12.2 Å². The summed E-state index contributed by atoms with van der Waals surface area (Å²) in [6.07, 6.45) is 0.918. The number of rotatable bonds is 6. The van der Waals surface area contributed by atoms with Gasteiger partial charge in [0.1, 0.15) is 6.61 Å². The van der Waals surface area contributed by atoms with Gasteiger partial charge in [-0.2, -0.15) is 4.98 Å². The second-order valence-corrected chi connectivity index (χ2v) is 3.95. The molecular weight excluding hydrogens is 248 g/mol. The smallest absolute Gasteiger partial charge is 0.335 e. The minimum atomic E-state index is -0.989. The second-order valence-electron chi connectivity index (χ2n) is 3.95. The lowest BCUT2D eigenvalue weighted by atomic mass is 10.1. The van der Waals surface area contributed by atoms with Gasteiger partial charge in [-0.15, -0.1) is 0 Å². The SMILES string of the molecule is CCCOCc1nc(-c2cccc(C(=O)O)c2)no1. The fourth-order valence-corrected chi connectivity index (χ4v) is 1.53. The largest absolute Gasteiger partial charge is 0.478 e. The predicted molar refractivity (Wildman–Crippen MR) is 66.6 cm³/mol. The molecule has 1 aromatic heterocycles. The van der Waals surface area contributed by atoms with Gasteiger partial charge in [-0.1, -0.05) is 24.2 Å². The number of aromatic nitrogens is 2. The summed E-state index contributed by atoms with van der Waals surface area (Å²) in [6, 6.07) is 6.39. The van der Waals surface area contributed by atoms with Gasteiger partial charge in [-0.3, -0.25) is 0 Å². The molecule has 0 unspecified atom stereocenters. The number of nitrogens with zero attached hydrogens (tertiary/aromatic N) is 2. The number of hydrogen-bond donors (Lipinski definition) is 1. The summed E-state index contributed by atoms with van der Waals surface area (Å²) in [4.78, 5) is 15.0. The molecule has 100 valence electrons. The summed E-state index contributed by atoms with van der Waals surface area (Å²) in [6.45, 7) is 2.91. The molecule has 0 aliphatic carbocycles. The average Bonchev–Trinajstić information content (AvgIpc) is 2.88. The lowest BCUT2D eigenvalue weighted by molar-refractivity contribution is 0.0697. The van der Waals surface area contributed by atoms with Crippen LogP contribution in [0.2, 0.25) is 0 Å². The van der Waals surface area contributed by atoms with Gasteiger partial charge in [-0.25, -0.2) is 4.79 Å². The first kappa shape index (κ1) is 13.2. The summed E-state index contributed by atoms with van der Waals surface area (Å²) >= 11 is 0. The lowest BCUT2D eigenvalue weighted by Crippen LogP contribution is -1.96. The number of benzene rings is 1. The third-order valence-corrected chi connectivity index (χ3v) is 2.41. The molecule has 0 bridgehead atoms. The van der Waals surface area contributed by atoms with E-state index in [1.807, 2.05) is 6.92 Å². The minimum absolute atomic E-state index is 0.186. The van der Waals surface area contributed by atoms with E-state index in [9.17, 15) is 4.79 Å². The highest BCUT2D eigenvalue weighted by Crippen LogP contribution is 2.17. The van der Waals surface area contributed by atoms with Crippen LogP contribution in [0, 0.1) is 0 Å². The molecule has 0 atom stereocenters. The van der Waals surface area contributed by atoms with Crippen molar-refractivity contribution in [2.75, 3.05) is 6.61 Å². The zero-order chi connectivity index (χ0) is 13.7. The normalized spacial score (nSPS) is 10.6. The van der Waals surface area contributed by atoms with Gasteiger partial charge in [-0.05, 0) is 18.6 Å². The summed E-state index contributed by atoms with van der Waals surface area (Å²) in [5, 5.41) is 12.7. The van der Waals surface area contributed by atoms with Crippen molar-refractivity contribution >= 4 is 5.97 Å². The quantitative estimate of drug-likeness (QED) is 0.804. The van der Waals surface area contributed by atoms with Crippen molar-refractivity contribution in [2.24, 2.45) is 0 Å². The van der Waals surface area contributed by atoms with Crippen molar-refractivity contribution in [3.8, 4) is 11.4 Å². The Kier molecular flexibility index (Phi) is 4.25. The molecule has 2 aromatic rings. The van der Waals surface area contributed by atoms with Gasteiger partial charge in [0.25, 0.3) is 5.89 Å². The molecule has 1 N–H and O–H groups in total. The molecule has 0 aliphatic heterocycles. The summed E-state index contributed by atoms with van der Waals surface area (Å²) < 4.78 is 10.3. The van der Waals surface area contributed by atoms with Crippen LogP contribution in [0.15, 0.2) is 28.8 Å². The van der Waals surface area contributed by atoms with Gasteiger partial charge in [0.15, 0.2) is 0 Å². The van der Waals surface area contributed by atoms with Crippen molar-refractivity contribution < 1.29 is 19.2 Å². The van der Waals surface area contributed by atoms with Crippen molar-refractivity contribution in [3.05, 3.63) is 35.7 Å². The highest BCUT2D eigenvalue weighted by atomic mass is 16.5. The molecule has 2 rings (SSSR count). The summed E-state index contributed by atoms with van der Waals surface area (Å²) in [5.41, 5.74) is 0.788. The fraction of sp³-hybridized carbons (Fsp3) is 0.308. The van der Waals surface area contributed by atoms with E-state index in [1.54, 1.807) is 12.1 Å². The number of carboxylic acid groups (broad SMARTS) is 1. The molecule has 0 saturated carbocycles. The summed E-state index contributed by atoms with van der Waals surface area (Å²) in [5.74, 6) is -0.251. The van der Waals surface area contributed by atoms with E-state index in [4.69, 9.17) is 14.4 Å². The number of aromatic carboxylic acids is 1. The Morgan fingerprint density at radius 2 is 2.32 bits per heavy atom. The molecule has 0 aliphatic rings. The van der Waals surface area contributed by atoms with Crippen molar-refractivity contribution in [3.63, 3.8) is 0 Å². The number of ether oxygens (including phenoxy) is 1. The fourth-order valence-electron chi connectivity index (χ4n) is 1.53. The monoisotopic (exact) mass is 262 g/mol. The van der Waals surface area contributed by atoms with Crippen LogP contribution in [-0.4, -0.2) is 27.8 Å². The Balaban J connectivity index is 2.13. The Hall–Kier alpha value is -2.21. The van der Waals surface area contributed by atoms with Crippen LogP contribution in [-0.2, 0) is 11.3 Å². The first-order chi connectivity index (χ1) is 9.20. The van der Waals surface area contributed by atoms with Crippen molar-refractivity contribution in [1.82, 2.24) is 10.1 Å². The van der Waals surface area contributed by atoms with Gasteiger partial charge in [0, 0.05) is 12.2 Å². The molecule has 6 nitrogen and oxygen atoms in total. The standard InChI is InChI=1S/C13H14N2O4/c1-2-6-18-8-11-14-12(15-19-11)9-4-3-5-10(7-9)13(16)17/h3-5,7H,2,6,8H2,1H3,(H,16,17). The first-order valence-electron chi connectivity index (χ1n) is 5.94. The molecule has 0 saturated heterocycles. The highest BCUT2D eigenvalue weighted by molar-refractivity contribution is 5.89. The van der Waals surface area contributed by atoms with E-state index in [0.29, 0.717) is 23.9 Å². The van der Waals surface area contributed by atoms with Gasteiger partial charge in [0.2, 0.25) is 5.82 Å². The van der Waals surface area contributed by atoms with Crippen LogP contribution < -0.4 is 0 Å². The van der Waals surface area contributed by atoms with Crippen LogP contribution in [0.5, 0.6) is 0 Å². The maximum absolute atomic E-state index is 10.9. The molecule has 0 spiro atoms. The number of hydrogen-bond acceptors (Lipinski definition) is 5. The molecule has 1 aromatic carbocycles. The third-order valence-electron chi connectivity index (χ3n) is 2.41. The molecule has 0 fully saturated rings. The Bertz CT molecular complexity index is 565.